The predicted octanol–water partition coefficient (Wildman–Crippen LogP) is 3.87. The number of rotatable bonds is 1. The third-order valence-corrected chi connectivity index (χ3v) is 4.82. The van der Waals surface area contributed by atoms with Crippen LogP contribution < -0.4 is 4.90 Å². The third kappa shape index (κ3) is 8.15. The smallest absolute Gasteiger partial charge is 0.410 e. The summed E-state index contributed by atoms with van der Waals surface area (Å²) in [6, 6.07) is 7.40. The zero-order valence-corrected chi connectivity index (χ0v) is 20.8. The van der Waals surface area contributed by atoms with E-state index in [0.29, 0.717) is 18.2 Å². The lowest BCUT2D eigenvalue weighted by Crippen LogP contribution is -2.50. The minimum atomic E-state index is -0.449. The first kappa shape index (κ1) is 23.3. The first-order valence-corrected chi connectivity index (χ1v) is 11.0. The Balaban J connectivity index is 0.000000292. The van der Waals surface area contributed by atoms with Crippen LogP contribution >= 0.6 is 56.8 Å². The molecule has 1 fully saturated rings. The van der Waals surface area contributed by atoms with Gasteiger partial charge in [-0.2, -0.15) is 0 Å². The van der Waals surface area contributed by atoms with Gasteiger partial charge in [0.15, 0.2) is 11.0 Å². The Morgan fingerprint density at radius 1 is 0.964 bits per heavy atom. The number of carbonyl (C=O) groups excluding carboxylic acids is 1. The van der Waals surface area contributed by atoms with Crippen LogP contribution in [0.3, 0.4) is 0 Å². The largest absolute Gasteiger partial charge is 0.444 e. The number of aromatic nitrogens is 4. The molecule has 11 heteroatoms. The number of piperazine rings is 1. The van der Waals surface area contributed by atoms with Crippen LogP contribution in [0.2, 0.25) is 5.15 Å². The number of nitrogens with zero attached hydrogens (tertiary/aromatic N) is 6. The average Bonchev–Trinajstić information content (AvgIpc) is 2.64. The van der Waals surface area contributed by atoms with Gasteiger partial charge in [0.05, 0.1) is 0 Å². The zero-order chi connectivity index (χ0) is 20.7. The molecular formula is C17H21ClI2N6O2. The van der Waals surface area contributed by atoms with E-state index in [9.17, 15) is 4.79 Å². The van der Waals surface area contributed by atoms with Gasteiger partial charge >= 0.3 is 6.09 Å². The van der Waals surface area contributed by atoms with E-state index in [1.807, 2.05) is 32.9 Å². The number of carbonyl (C=O) groups is 1. The van der Waals surface area contributed by atoms with Crippen LogP contribution in [-0.4, -0.2) is 63.2 Å². The highest BCUT2D eigenvalue weighted by Crippen LogP contribution is 2.16. The molecule has 152 valence electrons. The molecule has 2 aromatic heterocycles. The molecule has 1 saturated heterocycles. The minimum Gasteiger partial charge on any atom is -0.444 e. The number of hydrogen-bond donors (Lipinski definition) is 0. The number of halogens is 3. The Bertz CT molecular complexity index is 742. The van der Waals surface area contributed by atoms with Crippen molar-refractivity contribution < 1.29 is 9.53 Å². The summed E-state index contributed by atoms with van der Waals surface area (Å²) in [6.45, 7) is 8.40. The maximum Gasteiger partial charge on any atom is 0.410 e. The summed E-state index contributed by atoms with van der Waals surface area (Å²) >= 11 is 9.63. The van der Waals surface area contributed by atoms with Crippen molar-refractivity contribution in [1.29, 1.82) is 0 Å². The topological polar surface area (TPSA) is 84.3 Å². The van der Waals surface area contributed by atoms with Crippen molar-refractivity contribution in [2.75, 3.05) is 31.1 Å². The van der Waals surface area contributed by atoms with Crippen LogP contribution in [-0.2, 0) is 4.74 Å². The summed E-state index contributed by atoms with van der Waals surface area (Å²) in [5, 5.41) is 15.9. The number of ether oxygens (including phenoxy) is 1. The maximum absolute atomic E-state index is 12.0. The van der Waals surface area contributed by atoms with Crippen LogP contribution in [0.1, 0.15) is 20.8 Å². The predicted molar refractivity (Wildman–Crippen MR) is 125 cm³/mol. The normalized spacial score (nSPS) is 14.2. The monoisotopic (exact) mass is 630 g/mol. The fourth-order valence-electron chi connectivity index (χ4n) is 2.22. The molecule has 1 aliphatic heterocycles. The summed E-state index contributed by atoms with van der Waals surface area (Å²) in [6.07, 6.45) is -0.245. The van der Waals surface area contributed by atoms with E-state index in [1.54, 1.807) is 17.0 Å². The lowest BCUT2D eigenvalue weighted by Gasteiger charge is -2.35. The average molecular weight is 631 g/mol. The molecule has 8 nitrogen and oxygen atoms in total. The van der Waals surface area contributed by atoms with Crippen LogP contribution in [0, 0.1) is 7.40 Å². The Kier molecular flexibility index (Phi) is 8.86. The van der Waals surface area contributed by atoms with E-state index in [-0.39, 0.29) is 6.09 Å². The Morgan fingerprint density at radius 3 is 1.96 bits per heavy atom. The highest BCUT2D eigenvalue weighted by molar-refractivity contribution is 14.1. The van der Waals surface area contributed by atoms with Gasteiger partial charge in [-0.25, -0.2) is 4.79 Å². The van der Waals surface area contributed by atoms with Gasteiger partial charge in [-0.3, -0.25) is 0 Å². The minimum absolute atomic E-state index is 0.245. The summed E-state index contributed by atoms with van der Waals surface area (Å²) in [7, 11) is 0. The molecule has 0 bridgehead atoms. The van der Waals surface area contributed by atoms with Gasteiger partial charge in [0.25, 0.3) is 0 Å². The first-order valence-electron chi connectivity index (χ1n) is 8.51. The van der Waals surface area contributed by atoms with E-state index in [4.69, 9.17) is 16.3 Å². The molecule has 3 heterocycles. The van der Waals surface area contributed by atoms with Crippen molar-refractivity contribution in [3.8, 4) is 0 Å². The fourth-order valence-corrected chi connectivity index (χ4v) is 2.90. The number of anilines is 1. The standard InChI is InChI=1S/C13H19IN4O2.C4H2ClIN2/c1-13(2,3)20-12(19)18-8-6-17(7-9-18)11-5-4-10(14)15-16-11;5-3-1-2-4(6)8-7-3/h4-5H,6-9H2,1-3H3;1-2H. The summed E-state index contributed by atoms with van der Waals surface area (Å²) in [5.74, 6) is 0.856. The Labute approximate surface area is 196 Å². The summed E-state index contributed by atoms with van der Waals surface area (Å²) in [4.78, 5) is 15.8. The van der Waals surface area contributed by atoms with Gasteiger partial charge in [-0.15, -0.1) is 20.4 Å². The van der Waals surface area contributed by atoms with Crippen molar-refractivity contribution in [1.82, 2.24) is 25.3 Å². The Hall–Kier alpha value is -1.02. The lowest BCUT2D eigenvalue weighted by atomic mass is 10.2. The molecule has 0 spiro atoms. The van der Waals surface area contributed by atoms with Crippen molar-refractivity contribution >= 4 is 68.7 Å². The first-order chi connectivity index (χ1) is 13.1. The maximum atomic E-state index is 12.0. The molecule has 0 saturated carbocycles. The molecule has 1 aliphatic rings. The third-order valence-electron chi connectivity index (χ3n) is 3.47. The second-order valence-corrected chi connectivity index (χ2v) is 9.45. The summed E-state index contributed by atoms with van der Waals surface area (Å²) < 4.78 is 7.10. The molecule has 0 atom stereocenters. The number of amides is 1. The van der Waals surface area contributed by atoms with Crippen molar-refractivity contribution in [3.05, 3.63) is 36.8 Å². The second kappa shape index (κ2) is 10.7. The van der Waals surface area contributed by atoms with Gasteiger partial charge in [-0.1, -0.05) is 11.6 Å². The van der Waals surface area contributed by atoms with E-state index in [2.05, 4.69) is 70.5 Å². The molecule has 1 amide bonds. The quantitative estimate of drug-likeness (QED) is 0.443. The van der Waals surface area contributed by atoms with Crippen molar-refractivity contribution in [3.63, 3.8) is 0 Å². The second-order valence-electron chi connectivity index (χ2n) is 6.85. The number of hydrogen-bond acceptors (Lipinski definition) is 7. The van der Waals surface area contributed by atoms with Crippen LogP contribution in [0.4, 0.5) is 10.6 Å². The molecule has 0 aliphatic carbocycles. The molecule has 28 heavy (non-hydrogen) atoms. The highest BCUT2D eigenvalue weighted by Gasteiger charge is 2.26. The molecule has 0 aromatic carbocycles. The van der Waals surface area contributed by atoms with Crippen LogP contribution in [0.25, 0.3) is 0 Å². The van der Waals surface area contributed by atoms with Gasteiger partial charge in [0.1, 0.15) is 13.0 Å². The van der Waals surface area contributed by atoms with Gasteiger partial charge in [0.2, 0.25) is 0 Å². The molecule has 2 aromatic rings. The van der Waals surface area contributed by atoms with E-state index in [1.165, 1.54) is 0 Å². The fraction of sp³-hybridized carbons (Fsp3) is 0.471. The van der Waals surface area contributed by atoms with Crippen molar-refractivity contribution in [2.45, 2.75) is 26.4 Å². The molecule has 3 rings (SSSR count). The molecule has 0 N–H and O–H groups in total. The molecule has 0 unspecified atom stereocenters. The summed E-state index contributed by atoms with van der Waals surface area (Å²) in [5.41, 5.74) is -0.449. The molecular weight excluding hydrogens is 609 g/mol. The van der Waals surface area contributed by atoms with Gasteiger partial charge < -0.3 is 14.5 Å². The van der Waals surface area contributed by atoms with Gasteiger partial charge in [-0.05, 0) is 90.2 Å². The highest BCUT2D eigenvalue weighted by atomic mass is 127. The van der Waals surface area contributed by atoms with Crippen LogP contribution in [0.15, 0.2) is 24.3 Å². The molecule has 0 radical (unpaired) electrons. The van der Waals surface area contributed by atoms with Crippen molar-refractivity contribution in [2.24, 2.45) is 0 Å². The zero-order valence-electron chi connectivity index (χ0n) is 15.8. The Morgan fingerprint density at radius 2 is 1.54 bits per heavy atom. The SMILES string of the molecule is CC(C)(C)OC(=O)N1CCN(c2ccc(I)nn2)CC1.Clc1ccc(I)nn1. The van der Waals surface area contributed by atoms with Gasteiger partial charge in [0, 0.05) is 26.2 Å². The van der Waals surface area contributed by atoms with E-state index in [0.717, 1.165) is 26.3 Å². The van der Waals surface area contributed by atoms with Crippen LogP contribution in [0.5, 0.6) is 0 Å². The lowest BCUT2D eigenvalue weighted by molar-refractivity contribution is 0.0240. The van der Waals surface area contributed by atoms with E-state index >= 15 is 0 Å². The van der Waals surface area contributed by atoms with E-state index < -0.39 is 5.60 Å².